The van der Waals surface area contributed by atoms with E-state index in [1.165, 1.54) is 0 Å². The predicted molar refractivity (Wildman–Crippen MR) is 149 cm³/mol. The molecule has 3 heterocycles. The maximum atomic E-state index is 12.9. The number of piperidine rings is 3. The number of nitrogens with one attached hydrogen (secondary N) is 1. The summed E-state index contributed by atoms with van der Waals surface area (Å²) in [5.41, 5.74) is 18.3. The lowest BCUT2D eigenvalue weighted by molar-refractivity contribution is -0.137. The fourth-order valence-corrected chi connectivity index (χ4v) is 5.91. The van der Waals surface area contributed by atoms with Crippen LogP contribution in [0.5, 0.6) is 5.75 Å². The first-order valence-corrected chi connectivity index (χ1v) is 14.1. The van der Waals surface area contributed by atoms with Crippen molar-refractivity contribution in [2.75, 3.05) is 39.3 Å². The van der Waals surface area contributed by atoms with Gasteiger partial charge < -0.3 is 37.4 Å². The molecular weight excluding hydrogens is 523 g/mol. The fraction of sp³-hybridized carbons (Fsp3) is 0.607. The quantitative estimate of drug-likeness (QED) is 0.346. The van der Waals surface area contributed by atoms with Crippen molar-refractivity contribution in [2.45, 2.75) is 69.8 Å². The van der Waals surface area contributed by atoms with Gasteiger partial charge in [0.25, 0.3) is 0 Å². The second kappa shape index (κ2) is 12.6. The third-order valence-corrected chi connectivity index (χ3v) is 8.30. The molecule has 9 nitrogen and oxygen atoms in total. The minimum absolute atomic E-state index is 0.118. The molecule has 3 fully saturated rings. The zero-order valence-corrected chi connectivity index (χ0v) is 23.1. The van der Waals surface area contributed by atoms with Crippen molar-refractivity contribution in [1.82, 2.24) is 20.0 Å². The van der Waals surface area contributed by atoms with Crippen LogP contribution in [0.25, 0.3) is 5.70 Å². The molecule has 0 saturated carbocycles. The van der Waals surface area contributed by atoms with E-state index in [1.54, 1.807) is 13.0 Å². The number of aromatic hydroxyl groups is 1. The number of rotatable bonds is 5. The Bertz CT molecular complexity index is 1110. The van der Waals surface area contributed by atoms with Crippen LogP contribution in [0.4, 0.5) is 18.0 Å². The number of allylic oxidation sites excluding steroid dienone is 2. The van der Waals surface area contributed by atoms with E-state index >= 15 is 0 Å². The zero-order chi connectivity index (χ0) is 29.0. The van der Waals surface area contributed by atoms with Crippen molar-refractivity contribution >= 4 is 11.7 Å². The molecule has 12 heteroatoms. The number of nitrogens with two attached hydrogens (primary N) is 3. The molecule has 4 rings (SSSR count). The first-order valence-electron chi connectivity index (χ1n) is 14.1. The highest BCUT2D eigenvalue weighted by atomic mass is 19.4. The van der Waals surface area contributed by atoms with Crippen LogP contribution < -0.4 is 22.5 Å². The van der Waals surface area contributed by atoms with Crippen LogP contribution in [-0.4, -0.2) is 83.2 Å². The van der Waals surface area contributed by atoms with Crippen molar-refractivity contribution in [2.24, 2.45) is 17.2 Å². The molecule has 0 spiro atoms. The van der Waals surface area contributed by atoms with E-state index in [9.17, 15) is 23.1 Å². The van der Waals surface area contributed by atoms with Gasteiger partial charge in [0.15, 0.2) is 0 Å². The van der Waals surface area contributed by atoms with Crippen molar-refractivity contribution in [3.05, 3.63) is 46.8 Å². The second-order valence-corrected chi connectivity index (χ2v) is 11.2. The molecule has 1 aromatic carbocycles. The molecule has 0 bridgehead atoms. The molecule has 0 radical (unpaired) electrons. The number of amides is 2. The topological polar surface area (TPSA) is 137 Å². The van der Waals surface area contributed by atoms with Gasteiger partial charge in [-0.1, -0.05) is 0 Å². The molecule has 2 amide bonds. The molecule has 222 valence electrons. The maximum absolute atomic E-state index is 12.9. The Morgan fingerprint density at radius 3 is 2.25 bits per heavy atom. The molecule has 40 heavy (non-hydrogen) atoms. The number of alkyl halides is 3. The van der Waals surface area contributed by atoms with Gasteiger partial charge in [0.2, 0.25) is 0 Å². The van der Waals surface area contributed by atoms with E-state index < -0.39 is 17.5 Å². The highest BCUT2D eigenvalue weighted by molar-refractivity contribution is 5.74. The average molecular weight is 566 g/mol. The van der Waals surface area contributed by atoms with E-state index in [0.717, 1.165) is 89.9 Å². The largest absolute Gasteiger partial charge is 0.507 e. The van der Waals surface area contributed by atoms with Crippen LogP contribution in [0.2, 0.25) is 0 Å². The molecule has 3 aliphatic rings. The van der Waals surface area contributed by atoms with E-state index in [2.05, 4.69) is 10.2 Å². The lowest BCUT2D eigenvalue weighted by Gasteiger charge is -2.43. The van der Waals surface area contributed by atoms with Crippen molar-refractivity contribution in [1.29, 1.82) is 0 Å². The van der Waals surface area contributed by atoms with E-state index in [1.807, 2.05) is 9.80 Å². The minimum Gasteiger partial charge on any atom is -0.507 e. The van der Waals surface area contributed by atoms with Crippen LogP contribution in [0.3, 0.4) is 0 Å². The van der Waals surface area contributed by atoms with Crippen molar-refractivity contribution in [3.63, 3.8) is 0 Å². The van der Waals surface area contributed by atoms with Gasteiger partial charge in [0, 0.05) is 62.1 Å². The summed E-state index contributed by atoms with van der Waals surface area (Å²) in [6.07, 6.45) is 2.66. The van der Waals surface area contributed by atoms with Crippen LogP contribution in [-0.2, 0) is 6.18 Å². The number of benzene rings is 1. The summed E-state index contributed by atoms with van der Waals surface area (Å²) in [6.45, 7) is 6.51. The van der Waals surface area contributed by atoms with Gasteiger partial charge in [-0.2, -0.15) is 13.2 Å². The maximum Gasteiger partial charge on any atom is 0.416 e. The van der Waals surface area contributed by atoms with Crippen molar-refractivity contribution in [3.8, 4) is 5.75 Å². The highest BCUT2D eigenvalue weighted by Crippen LogP contribution is 2.34. The number of hydrogen-bond donors (Lipinski definition) is 5. The lowest BCUT2D eigenvalue weighted by atomic mass is 9.97. The third kappa shape index (κ3) is 7.34. The summed E-state index contributed by atoms with van der Waals surface area (Å²) in [5.74, 6) is -0.136. The van der Waals surface area contributed by atoms with Gasteiger partial charge in [-0.25, -0.2) is 4.79 Å². The number of phenols is 1. The molecule has 3 saturated heterocycles. The van der Waals surface area contributed by atoms with E-state index in [4.69, 9.17) is 17.2 Å². The first kappa shape index (κ1) is 29.9. The normalized spacial score (nSPS) is 23.2. The number of carbonyl (C=O) groups excluding carboxylic acids is 1. The monoisotopic (exact) mass is 565 g/mol. The first-order chi connectivity index (χ1) is 18.9. The minimum atomic E-state index is -4.55. The average Bonchev–Trinajstić information content (AvgIpc) is 2.92. The fourth-order valence-electron chi connectivity index (χ4n) is 5.91. The molecule has 0 aliphatic carbocycles. The lowest BCUT2D eigenvalue weighted by Crippen LogP contribution is -2.55. The van der Waals surface area contributed by atoms with Gasteiger partial charge in [-0.15, -0.1) is 0 Å². The molecule has 0 aromatic heterocycles. The number of carbonyl (C=O) groups is 1. The van der Waals surface area contributed by atoms with Gasteiger partial charge in [0.05, 0.1) is 11.4 Å². The molecule has 1 aromatic rings. The van der Waals surface area contributed by atoms with Gasteiger partial charge in [-0.05, 0) is 81.8 Å². The summed E-state index contributed by atoms with van der Waals surface area (Å²) < 4.78 is 38.8. The number of likely N-dealkylation sites (tertiary alicyclic amines) is 3. The Morgan fingerprint density at radius 2 is 1.65 bits per heavy atom. The van der Waals surface area contributed by atoms with E-state index in [-0.39, 0.29) is 29.4 Å². The smallest absolute Gasteiger partial charge is 0.416 e. The van der Waals surface area contributed by atoms with Crippen molar-refractivity contribution < 1.29 is 23.1 Å². The van der Waals surface area contributed by atoms with E-state index in [0.29, 0.717) is 23.5 Å². The van der Waals surface area contributed by atoms with Gasteiger partial charge in [-0.3, -0.25) is 4.90 Å². The van der Waals surface area contributed by atoms with Gasteiger partial charge in [0.1, 0.15) is 5.75 Å². The predicted octanol–water partition coefficient (Wildman–Crippen LogP) is 2.96. The van der Waals surface area contributed by atoms with Crippen LogP contribution in [0.1, 0.15) is 56.6 Å². The molecule has 3 aliphatic heterocycles. The number of urea groups is 1. The number of halogens is 3. The summed E-state index contributed by atoms with van der Waals surface area (Å²) in [5, 5.41) is 13.5. The Kier molecular flexibility index (Phi) is 9.40. The number of phenolic OH excluding ortho intramolecular Hbond substituents is 1. The van der Waals surface area contributed by atoms with Gasteiger partial charge >= 0.3 is 12.2 Å². The highest BCUT2D eigenvalue weighted by Gasteiger charge is 2.33. The Hall–Kier alpha value is -3.12. The summed E-state index contributed by atoms with van der Waals surface area (Å²) >= 11 is 0. The Morgan fingerprint density at radius 1 is 1.02 bits per heavy atom. The third-order valence-electron chi connectivity index (χ3n) is 8.30. The molecule has 1 atom stereocenters. The SMILES string of the molecule is CC(/C=C(\N)NC1CCCN(C2CCN(C(=O)N3CCC(N)CC3)CC2)C1)=C(/N)c1ccc(C(F)(F)F)cc1O. The summed E-state index contributed by atoms with van der Waals surface area (Å²) in [4.78, 5) is 19.3. The Labute approximate surface area is 233 Å². The number of nitrogens with zero attached hydrogens (tertiary/aromatic N) is 3. The molecule has 8 N–H and O–H groups in total. The molecule has 1 unspecified atom stereocenters. The number of hydrogen-bond acceptors (Lipinski definition) is 7. The second-order valence-electron chi connectivity index (χ2n) is 11.2. The van der Waals surface area contributed by atoms with Crippen LogP contribution in [0, 0.1) is 0 Å². The molecular formula is C28H42F3N7O2. The van der Waals surface area contributed by atoms with Crippen LogP contribution in [0.15, 0.2) is 35.7 Å². The zero-order valence-electron chi connectivity index (χ0n) is 23.1. The Balaban J connectivity index is 1.30. The van der Waals surface area contributed by atoms with Crippen LogP contribution >= 0.6 is 0 Å². The standard InChI is InChI=1S/C28H42F3N7O2/c1-18(26(34)23-5-4-19(16-24(23)39)28(29,30)31)15-25(33)35-21-3-2-10-38(17-21)22-8-13-37(14-9-22)27(40)36-11-6-20(32)7-12-36/h4-5,15-16,20-22,35,39H,2-3,6-14,17,32-34H2,1H3/b25-15+,26-18-. The summed E-state index contributed by atoms with van der Waals surface area (Å²) in [7, 11) is 0. The summed E-state index contributed by atoms with van der Waals surface area (Å²) in [6, 6.07) is 3.60.